The van der Waals surface area contributed by atoms with E-state index in [0.29, 0.717) is 5.75 Å². The molecule has 102 valence electrons. The summed E-state index contributed by atoms with van der Waals surface area (Å²) in [5.41, 5.74) is 4.95. The maximum Gasteiger partial charge on any atom is 0.326 e. The SMILES string of the molecule is NC(=O)CSCCC(=O)N1C[C@@H](O)C[C@H]1C(=O)O. The van der Waals surface area contributed by atoms with E-state index in [9.17, 15) is 19.5 Å². The fraction of sp³-hybridized carbons (Fsp3) is 0.700. The molecule has 2 atom stereocenters. The van der Waals surface area contributed by atoms with Crippen molar-refractivity contribution in [1.29, 1.82) is 0 Å². The van der Waals surface area contributed by atoms with Crippen molar-refractivity contribution < 1.29 is 24.6 Å². The van der Waals surface area contributed by atoms with Crippen LogP contribution in [-0.4, -0.2) is 63.1 Å². The number of hydrogen-bond acceptors (Lipinski definition) is 5. The van der Waals surface area contributed by atoms with Gasteiger partial charge in [0.05, 0.1) is 11.9 Å². The van der Waals surface area contributed by atoms with Gasteiger partial charge < -0.3 is 20.8 Å². The van der Waals surface area contributed by atoms with Crippen molar-refractivity contribution >= 4 is 29.5 Å². The number of rotatable bonds is 6. The number of amides is 2. The number of primary amides is 1. The van der Waals surface area contributed by atoms with Gasteiger partial charge in [-0.15, -0.1) is 0 Å². The average molecular weight is 276 g/mol. The Morgan fingerprint density at radius 3 is 2.61 bits per heavy atom. The summed E-state index contributed by atoms with van der Waals surface area (Å²) >= 11 is 1.23. The van der Waals surface area contributed by atoms with Crippen LogP contribution in [0, 0.1) is 0 Å². The standard InChI is InChI=1S/C10H16N2O5S/c11-8(14)5-18-2-1-9(15)12-4-6(13)3-7(12)10(16)17/h6-7,13H,1-5H2,(H2,11,14)(H,16,17)/t6-,7-/m0/s1. The third kappa shape index (κ3) is 4.19. The van der Waals surface area contributed by atoms with Gasteiger partial charge >= 0.3 is 5.97 Å². The van der Waals surface area contributed by atoms with Crippen LogP contribution in [0.5, 0.6) is 0 Å². The molecule has 1 aliphatic heterocycles. The summed E-state index contributed by atoms with van der Waals surface area (Å²) in [6, 6.07) is -0.950. The molecule has 1 fully saturated rings. The van der Waals surface area contributed by atoms with Crippen molar-refractivity contribution in [2.24, 2.45) is 5.73 Å². The van der Waals surface area contributed by atoms with Crippen LogP contribution in [0.4, 0.5) is 0 Å². The molecule has 1 rings (SSSR count). The average Bonchev–Trinajstić information content (AvgIpc) is 2.66. The summed E-state index contributed by atoms with van der Waals surface area (Å²) < 4.78 is 0. The monoisotopic (exact) mass is 276 g/mol. The van der Waals surface area contributed by atoms with E-state index < -0.39 is 24.0 Å². The maximum absolute atomic E-state index is 11.8. The largest absolute Gasteiger partial charge is 0.480 e. The molecule has 0 bridgehead atoms. The summed E-state index contributed by atoms with van der Waals surface area (Å²) in [4.78, 5) is 34.3. The summed E-state index contributed by atoms with van der Waals surface area (Å²) in [6.45, 7) is 0.0519. The lowest BCUT2D eigenvalue weighted by Crippen LogP contribution is -2.40. The molecule has 0 aliphatic carbocycles. The lowest BCUT2D eigenvalue weighted by atomic mass is 10.2. The van der Waals surface area contributed by atoms with Gasteiger partial charge in [-0.1, -0.05) is 0 Å². The van der Waals surface area contributed by atoms with Gasteiger partial charge in [0.1, 0.15) is 6.04 Å². The Morgan fingerprint density at radius 1 is 1.39 bits per heavy atom. The fourth-order valence-corrected chi connectivity index (χ4v) is 2.46. The minimum Gasteiger partial charge on any atom is -0.480 e. The molecule has 18 heavy (non-hydrogen) atoms. The summed E-state index contributed by atoms with van der Waals surface area (Å²) in [6.07, 6.45) is -0.586. The lowest BCUT2D eigenvalue weighted by molar-refractivity contribution is -0.148. The van der Waals surface area contributed by atoms with E-state index in [0.717, 1.165) is 0 Å². The molecule has 0 aromatic heterocycles. The van der Waals surface area contributed by atoms with Crippen molar-refractivity contribution in [3.05, 3.63) is 0 Å². The van der Waals surface area contributed by atoms with Crippen LogP contribution in [0.3, 0.4) is 0 Å². The number of likely N-dealkylation sites (tertiary alicyclic amines) is 1. The number of carboxylic acids is 1. The number of carboxylic acid groups (broad SMARTS) is 1. The van der Waals surface area contributed by atoms with E-state index in [-0.39, 0.29) is 31.0 Å². The van der Waals surface area contributed by atoms with Crippen molar-refractivity contribution in [2.45, 2.75) is 25.0 Å². The Hall–Kier alpha value is -1.28. The highest BCUT2D eigenvalue weighted by Crippen LogP contribution is 2.19. The topological polar surface area (TPSA) is 121 Å². The Bertz CT molecular complexity index is 349. The van der Waals surface area contributed by atoms with Crippen LogP contribution in [-0.2, 0) is 14.4 Å². The van der Waals surface area contributed by atoms with E-state index in [1.54, 1.807) is 0 Å². The number of nitrogens with two attached hydrogens (primary N) is 1. The first-order chi connectivity index (χ1) is 8.41. The molecule has 2 amide bonds. The van der Waals surface area contributed by atoms with Crippen molar-refractivity contribution in [3.8, 4) is 0 Å². The fourth-order valence-electron chi connectivity index (χ4n) is 1.80. The highest BCUT2D eigenvalue weighted by Gasteiger charge is 2.38. The second-order valence-electron chi connectivity index (χ2n) is 4.06. The van der Waals surface area contributed by atoms with Gasteiger partial charge in [0.2, 0.25) is 11.8 Å². The zero-order valence-corrected chi connectivity index (χ0v) is 10.6. The molecule has 7 nitrogen and oxygen atoms in total. The molecular weight excluding hydrogens is 260 g/mol. The highest BCUT2D eigenvalue weighted by molar-refractivity contribution is 7.99. The van der Waals surface area contributed by atoms with Crippen LogP contribution >= 0.6 is 11.8 Å². The third-order valence-electron chi connectivity index (χ3n) is 2.59. The molecule has 1 saturated heterocycles. The lowest BCUT2D eigenvalue weighted by Gasteiger charge is -2.20. The zero-order valence-electron chi connectivity index (χ0n) is 9.74. The predicted octanol–water partition coefficient (Wildman–Crippen LogP) is -1.36. The number of nitrogens with zero attached hydrogens (tertiary/aromatic N) is 1. The quantitative estimate of drug-likeness (QED) is 0.515. The number of carbonyl (C=O) groups excluding carboxylic acids is 2. The third-order valence-corrected chi connectivity index (χ3v) is 3.57. The molecule has 0 aromatic carbocycles. The van der Waals surface area contributed by atoms with Crippen LogP contribution in [0.15, 0.2) is 0 Å². The van der Waals surface area contributed by atoms with Crippen molar-refractivity contribution in [2.75, 3.05) is 18.1 Å². The first-order valence-corrected chi connectivity index (χ1v) is 6.63. The Morgan fingerprint density at radius 2 is 2.06 bits per heavy atom. The molecule has 0 aromatic rings. The van der Waals surface area contributed by atoms with Crippen LogP contribution in [0.25, 0.3) is 0 Å². The number of aliphatic carboxylic acids is 1. The number of aliphatic hydroxyl groups excluding tert-OH is 1. The molecule has 0 spiro atoms. The highest BCUT2D eigenvalue weighted by atomic mass is 32.2. The molecule has 0 saturated carbocycles. The van der Waals surface area contributed by atoms with Crippen molar-refractivity contribution in [1.82, 2.24) is 4.90 Å². The smallest absolute Gasteiger partial charge is 0.326 e. The van der Waals surface area contributed by atoms with Gasteiger partial charge in [-0.3, -0.25) is 9.59 Å². The summed E-state index contributed by atoms with van der Waals surface area (Å²) in [5, 5.41) is 18.3. The van der Waals surface area contributed by atoms with E-state index in [2.05, 4.69) is 0 Å². The Balaban J connectivity index is 2.40. The molecule has 4 N–H and O–H groups in total. The second kappa shape index (κ2) is 6.60. The molecule has 1 heterocycles. The van der Waals surface area contributed by atoms with Crippen LogP contribution in [0.2, 0.25) is 0 Å². The number of β-amino-alcohol motifs (C(OH)–C–C–N with tert-alkyl or cyclic N) is 1. The van der Waals surface area contributed by atoms with Crippen molar-refractivity contribution in [3.63, 3.8) is 0 Å². The van der Waals surface area contributed by atoms with Gasteiger partial charge in [-0.05, 0) is 0 Å². The first kappa shape index (κ1) is 14.8. The number of thioether (sulfide) groups is 1. The minimum absolute atomic E-state index is 0.0519. The van der Waals surface area contributed by atoms with Gasteiger partial charge in [0, 0.05) is 25.1 Å². The van der Waals surface area contributed by atoms with E-state index >= 15 is 0 Å². The molecule has 0 unspecified atom stereocenters. The number of aliphatic hydroxyl groups is 1. The molecule has 1 aliphatic rings. The molecule has 0 radical (unpaired) electrons. The Labute approximate surface area is 108 Å². The van der Waals surface area contributed by atoms with Gasteiger partial charge in [-0.2, -0.15) is 11.8 Å². The van der Waals surface area contributed by atoms with E-state index in [4.69, 9.17) is 10.8 Å². The molecule has 8 heteroatoms. The maximum atomic E-state index is 11.8. The normalized spacial score (nSPS) is 23.1. The summed E-state index contributed by atoms with van der Waals surface area (Å²) in [7, 11) is 0. The van der Waals surface area contributed by atoms with Crippen LogP contribution in [0.1, 0.15) is 12.8 Å². The van der Waals surface area contributed by atoms with Crippen LogP contribution < -0.4 is 5.73 Å². The minimum atomic E-state index is -1.11. The van der Waals surface area contributed by atoms with Gasteiger partial charge in [0.25, 0.3) is 0 Å². The Kier molecular flexibility index (Phi) is 5.42. The molecular formula is C10H16N2O5S. The summed E-state index contributed by atoms with van der Waals surface area (Å²) in [5.74, 6) is -1.34. The van der Waals surface area contributed by atoms with Gasteiger partial charge in [0.15, 0.2) is 0 Å². The predicted molar refractivity (Wildman–Crippen MR) is 64.9 cm³/mol. The first-order valence-electron chi connectivity index (χ1n) is 5.48. The zero-order chi connectivity index (χ0) is 13.7. The second-order valence-corrected chi connectivity index (χ2v) is 5.16. The van der Waals surface area contributed by atoms with E-state index in [1.165, 1.54) is 16.7 Å². The number of carbonyl (C=O) groups is 3. The van der Waals surface area contributed by atoms with E-state index in [1.807, 2.05) is 0 Å². The number of hydrogen-bond donors (Lipinski definition) is 3. The van der Waals surface area contributed by atoms with Gasteiger partial charge in [-0.25, -0.2) is 4.79 Å².